The van der Waals surface area contributed by atoms with Gasteiger partial charge in [-0.2, -0.15) is 5.26 Å². The number of aryl methyl sites for hydroxylation is 1. The smallest absolute Gasteiger partial charge is 0.341 e. The molecule has 0 fully saturated rings. The summed E-state index contributed by atoms with van der Waals surface area (Å²) in [5.74, 6) is -1.40. The van der Waals surface area contributed by atoms with E-state index in [9.17, 15) is 19.2 Å². The summed E-state index contributed by atoms with van der Waals surface area (Å²) in [6.45, 7) is 4.06. The Labute approximate surface area is 220 Å². The lowest BCUT2D eigenvalue weighted by Gasteiger charge is -2.43. The third kappa shape index (κ3) is 4.25. The third-order valence-corrected chi connectivity index (χ3v) is 8.86. The van der Waals surface area contributed by atoms with Gasteiger partial charge in [0.25, 0.3) is 0 Å². The number of carbonyl (C=O) groups is 2. The van der Waals surface area contributed by atoms with Crippen LogP contribution in [-0.4, -0.2) is 18.9 Å². The summed E-state index contributed by atoms with van der Waals surface area (Å²) in [7, 11) is 1.37. The average molecular weight is 520 g/mol. The molecule has 5 rings (SSSR count). The first-order chi connectivity index (χ1) is 17.7. The molecule has 0 saturated heterocycles. The van der Waals surface area contributed by atoms with E-state index in [0.29, 0.717) is 40.2 Å². The number of Topliss-reactive ketones (excluding diaryl/α,β-unsaturated/α-hetero) is 1. The fraction of sp³-hybridized carbons (Fsp3) is 0.414. The number of rotatable bonds is 3. The van der Waals surface area contributed by atoms with Crippen molar-refractivity contribution in [2.24, 2.45) is 11.1 Å². The number of ether oxygens (including phenoxy) is 1. The molecule has 0 amide bonds. The van der Waals surface area contributed by atoms with Gasteiger partial charge in [-0.25, -0.2) is 9.18 Å². The molecule has 1 aromatic carbocycles. The summed E-state index contributed by atoms with van der Waals surface area (Å²) in [5.41, 5.74) is 9.96. The Kier molecular flexibility index (Phi) is 6.45. The minimum Gasteiger partial charge on any atom is -0.465 e. The lowest BCUT2D eigenvalue weighted by atomic mass is 9.68. The average Bonchev–Trinajstić information content (AvgIpc) is 3.04. The van der Waals surface area contributed by atoms with Crippen molar-refractivity contribution in [3.63, 3.8) is 0 Å². The van der Waals surface area contributed by atoms with Gasteiger partial charge in [0.1, 0.15) is 16.6 Å². The Hall–Kier alpha value is -3.44. The highest BCUT2D eigenvalue weighted by atomic mass is 32.1. The van der Waals surface area contributed by atoms with Crippen LogP contribution in [0, 0.1) is 22.6 Å². The minimum atomic E-state index is -0.695. The molecule has 1 aliphatic heterocycles. The molecule has 2 aliphatic carbocycles. The zero-order valence-corrected chi connectivity index (χ0v) is 22.1. The van der Waals surface area contributed by atoms with Crippen LogP contribution in [0.4, 0.5) is 9.39 Å². The summed E-state index contributed by atoms with van der Waals surface area (Å²) < 4.78 is 19.0. The lowest BCUT2D eigenvalue weighted by Crippen LogP contribution is -2.42. The number of benzene rings is 1. The number of ketones is 1. The van der Waals surface area contributed by atoms with Crippen LogP contribution in [0.3, 0.4) is 0 Å². The van der Waals surface area contributed by atoms with E-state index in [-0.39, 0.29) is 22.6 Å². The van der Waals surface area contributed by atoms with Gasteiger partial charge >= 0.3 is 5.97 Å². The van der Waals surface area contributed by atoms with Gasteiger partial charge in [0.05, 0.1) is 30.2 Å². The number of hydrogen-bond donors (Lipinski definition) is 1. The highest BCUT2D eigenvalue weighted by Gasteiger charge is 2.46. The van der Waals surface area contributed by atoms with Crippen LogP contribution >= 0.6 is 11.3 Å². The first kappa shape index (κ1) is 25.2. The molecule has 2 aromatic rings. The van der Waals surface area contributed by atoms with Crippen molar-refractivity contribution < 1.29 is 18.7 Å². The molecule has 1 unspecified atom stereocenters. The first-order valence-electron chi connectivity index (χ1n) is 12.6. The molecule has 3 aliphatic rings. The van der Waals surface area contributed by atoms with E-state index in [2.05, 4.69) is 6.07 Å². The Morgan fingerprint density at radius 1 is 1.19 bits per heavy atom. The monoisotopic (exact) mass is 519 g/mol. The molecule has 8 heteroatoms. The number of anilines is 1. The summed E-state index contributed by atoms with van der Waals surface area (Å²) in [4.78, 5) is 29.8. The number of methoxy groups -OCH3 is 1. The number of carbonyl (C=O) groups excluding carboxylic acids is 2. The standard InChI is InChI=1S/C29H30FN3O3S/c1-29(2)13-20-25(21(34)14-29)23(16-9-11-17(30)12-10-16)19(15-31)26(32)33(20)27-24(28(35)36-3)18-7-5-4-6-8-22(18)37-27/h9-12,23H,4-8,13-14,32H2,1-3H3. The van der Waals surface area contributed by atoms with E-state index in [4.69, 9.17) is 10.5 Å². The topological polar surface area (TPSA) is 96.4 Å². The number of hydrogen-bond acceptors (Lipinski definition) is 7. The van der Waals surface area contributed by atoms with Crippen LogP contribution in [0.25, 0.3) is 0 Å². The lowest BCUT2D eigenvalue weighted by molar-refractivity contribution is -0.118. The normalized spacial score (nSPS) is 21.2. The van der Waals surface area contributed by atoms with Crippen molar-refractivity contribution in [2.75, 3.05) is 12.0 Å². The van der Waals surface area contributed by atoms with Crippen LogP contribution in [0.2, 0.25) is 0 Å². The maximum atomic E-state index is 13.8. The molecule has 0 spiro atoms. The minimum absolute atomic E-state index is 0.0661. The zero-order valence-electron chi connectivity index (χ0n) is 21.3. The maximum Gasteiger partial charge on any atom is 0.341 e. The molecular weight excluding hydrogens is 489 g/mol. The van der Waals surface area contributed by atoms with Crippen molar-refractivity contribution in [1.82, 2.24) is 0 Å². The van der Waals surface area contributed by atoms with E-state index in [0.717, 1.165) is 42.5 Å². The number of thiophene rings is 1. The number of fused-ring (bicyclic) bond motifs is 1. The summed E-state index contributed by atoms with van der Waals surface area (Å²) in [6, 6.07) is 8.11. The van der Waals surface area contributed by atoms with Crippen molar-refractivity contribution in [3.8, 4) is 6.07 Å². The third-order valence-electron chi connectivity index (χ3n) is 7.58. The van der Waals surface area contributed by atoms with Gasteiger partial charge in [-0.3, -0.25) is 9.69 Å². The largest absolute Gasteiger partial charge is 0.465 e. The molecule has 0 radical (unpaired) electrons. The number of nitrogens with zero attached hydrogens (tertiary/aromatic N) is 2. The molecule has 1 atom stereocenters. The SMILES string of the molecule is COC(=O)c1c(N2C(N)=C(C#N)C(c3ccc(F)cc3)C3=C2CC(C)(C)CC3=O)sc2c1CCCCC2. The number of nitrogens with two attached hydrogens (primary N) is 1. The van der Waals surface area contributed by atoms with Gasteiger partial charge in [0.2, 0.25) is 0 Å². The molecule has 192 valence electrons. The molecular formula is C29H30FN3O3S. The summed E-state index contributed by atoms with van der Waals surface area (Å²) in [5, 5.41) is 10.9. The van der Waals surface area contributed by atoms with E-state index >= 15 is 0 Å². The van der Waals surface area contributed by atoms with E-state index in [1.807, 2.05) is 13.8 Å². The fourth-order valence-corrected chi connectivity index (χ4v) is 7.34. The number of esters is 1. The van der Waals surface area contributed by atoms with Crippen molar-refractivity contribution in [2.45, 2.75) is 64.7 Å². The van der Waals surface area contributed by atoms with E-state index in [1.54, 1.807) is 17.0 Å². The molecule has 2 N–H and O–H groups in total. The molecule has 6 nitrogen and oxygen atoms in total. The fourth-order valence-electron chi connectivity index (χ4n) is 5.93. The molecule has 37 heavy (non-hydrogen) atoms. The number of allylic oxidation sites excluding steroid dienone is 3. The maximum absolute atomic E-state index is 13.8. The van der Waals surface area contributed by atoms with Gasteiger partial charge in [-0.15, -0.1) is 11.3 Å². The van der Waals surface area contributed by atoms with Crippen molar-refractivity contribution >= 4 is 28.1 Å². The number of halogens is 1. The van der Waals surface area contributed by atoms with Gasteiger partial charge in [-0.05, 0) is 60.8 Å². The predicted molar refractivity (Wildman–Crippen MR) is 140 cm³/mol. The molecule has 1 aromatic heterocycles. The Morgan fingerprint density at radius 2 is 1.89 bits per heavy atom. The summed E-state index contributed by atoms with van der Waals surface area (Å²) in [6.07, 6.45) is 5.60. The molecule has 0 saturated carbocycles. The zero-order chi connectivity index (χ0) is 26.5. The molecule has 2 heterocycles. The highest BCUT2D eigenvalue weighted by Crippen LogP contribution is 2.52. The van der Waals surface area contributed by atoms with Gasteiger partial charge < -0.3 is 10.5 Å². The second kappa shape index (κ2) is 9.46. The van der Waals surface area contributed by atoms with Crippen LogP contribution in [-0.2, 0) is 22.4 Å². The highest BCUT2D eigenvalue weighted by molar-refractivity contribution is 7.16. The van der Waals surface area contributed by atoms with Crippen LogP contribution < -0.4 is 10.6 Å². The summed E-state index contributed by atoms with van der Waals surface area (Å²) >= 11 is 1.50. The van der Waals surface area contributed by atoms with E-state index in [1.165, 1.54) is 30.6 Å². The van der Waals surface area contributed by atoms with Gasteiger partial charge in [0.15, 0.2) is 5.78 Å². The van der Waals surface area contributed by atoms with E-state index < -0.39 is 17.7 Å². The van der Waals surface area contributed by atoms with Gasteiger partial charge in [-0.1, -0.05) is 32.4 Å². The van der Waals surface area contributed by atoms with Crippen LogP contribution in [0.1, 0.15) is 78.2 Å². The second-order valence-corrected chi connectivity index (χ2v) is 11.9. The second-order valence-electron chi connectivity index (χ2n) is 10.8. The number of nitriles is 1. The predicted octanol–water partition coefficient (Wildman–Crippen LogP) is 5.88. The Bertz CT molecular complexity index is 1390. The van der Waals surface area contributed by atoms with Crippen molar-refractivity contribution in [3.05, 3.63) is 74.3 Å². The quantitative estimate of drug-likeness (QED) is 0.402. The molecule has 0 bridgehead atoms. The van der Waals surface area contributed by atoms with Crippen LogP contribution in [0.15, 0.2) is 46.9 Å². The first-order valence-corrected chi connectivity index (χ1v) is 13.4. The van der Waals surface area contributed by atoms with Crippen LogP contribution in [0.5, 0.6) is 0 Å². The Balaban J connectivity index is 1.80. The Morgan fingerprint density at radius 3 is 2.57 bits per heavy atom. The van der Waals surface area contributed by atoms with Gasteiger partial charge in [0, 0.05) is 22.6 Å². The van der Waals surface area contributed by atoms with Crippen molar-refractivity contribution in [1.29, 1.82) is 5.26 Å².